The molecule has 0 heterocycles. The number of aryl methyl sites for hydroxylation is 2. The van der Waals surface area contributed by atoms with E-state index in [1.165, 1.54) is 6.92 Å². The molecule has 0 bridgehead atoms. The first-order valence-corrected chi connectivity index (χ1v) is 16.4. The molecule has 0 saturated heterocycles. The number of Topliss-reactive ketones (excluding diaryl/α,β-unsaturated/α-hetero) is 1. The van der Waals surface area contributed by atoms with Crippen molar-refractivity contribution in [2.24, 2.45) is 5.73 Å². The van der Waals surface area contributed by atoms with Crippen LogP contribution in [-0.4, -0.2) is 64.8 Å². The summed E-state index contributed by atoms with van der Waals surface area (Å²) < 4.78 is 0. The van der Waals surface area contributed by atoms with Gasteiger partial charge < -0.3 is 32.1 Å². The van der Waals surface area contributed by atoms with E-state index in [2.05, 4.69) is 21.3 Å². The Hall–Kier alpha value is -4.87. The van der Waals surface area contributed by atoms with Crippen molar-refractivity contribution < 1.29 is 29.1 Å². The van der Waals surface area contributed by atoms with Crippen LogP contribution in [0, 0.1) is 0 Å². The van der Waals surface area contributed by atoms with E-state index in [9.17, 15) is 29.1 Å². The summed E-state index contributed by atoms with van der Waals surface area (Å²) in [7, 11) is 0. The number of carbonyl (C=O) groups is 5. The van der Waals surface area contributed by atoms with Gasteiger partial charge in [0.1, 0.15) is 18.1 Å². The number of hydrogen-bond acceptors (Lipinski definition) is 7. The van der Waals surface area contributed by atoms with E-state index in [0.29, 0.717) is 18.4 Å². The van der Waals surface area contributed by atoms with E-state index in [4.69, 9.17) is 5.73 Å². The number of carbonyl (C=O) groups excluding carboxylic acids is 5. The maximum atomic E-state index is 13.7. The Morgan fingerprint density at radius 1 is 0.750 bits per heavy atom. The summed E-state index contributed by atoms with van der Waals surface area (Å²) in [6, 6.07) is 22.3. The molecule has 1 saturated carbocycles. The fraction of sp³-hybridized carbons (Fsp3) is 0.378. The van der Waals surface area contributed by atoms with Gasteiger partial charge in [0.15, 0.2) is 0 Å². The zero-order chi connectivity index (χ0) is 34.5. The van der Waals surface area contributed by atoms with Gasteiger partial charge in [0, 0.05) is 25.4 Å². The highest BCUT2D eigenvalue weighted by Gasteiger charge is 2.35. The number of aliphatic hydroxyl groups is 1. The van der Waals surface area contributed by atoms with Crippen molar-refractivity contribution in [1.29, 1.82) is 0 Å². The monoisotopic (exact) mass is 655 g/mol. The molecule has 4 atom stereocenters. The highest BCUT2D eigenvalue weighted by atomic mass is 16.3. The van der Waals surface area contributed by atoms with Gasteiger partial charge in [-0.2, -0.15) is 0 Å². The van der Waals surface area contributed by atoms with E-state index in [1.807, 2.05) is 66.7 Å². The van der Waals surface area contributed by atoms with Crippen molar-refractivity contribution in [2.45, 2.75) is 88.7 Å². The Labute approximate surface area is 281 Å². The van der Waals surface area contributed by atoms with Crippen molar-refractivity contribution >= 4 is 29.4 Å². The third-order valence-corrected chi connectivity index (χ3v) is 8.20. The van der Waals surface area contributed by atoms with Crippen LogP contribution < -0.4 is 27.0 Å². The molecule has 4 amide bonds. The molecule has 254 valence electrons. The second-order valence-corrected chi connectivity index (χ2v) is 12.3. The highest BCUT2D eigenvalue weighted by molar-refractivity contribution is 6.38. The minimum Gasteiger partial charge on any atom is -0.391 e. The van der Waals surface area contributed by atoms with E-state index < -0.39 is 47.7 Å². The molecule has 0 aliphatic heterocycles. The van der Waals surface area contributed by atoms with Gasteiger partial charge >= 0.3 is 0 Å². The van der Waals surface area contributed by atoms with Crippen LogP contribution in [0.25, 0.3) is 0 Å². The summed E-state index contributed by atoms with van der Waals surface area (Å²) in [4.78, 5) is 66.3. The van der Waals surface area contributed by atoms with Crippen molar-refractivity contribution in [2.75, 3.05) is 0 Å². The summed E-state index contributed by atoms with van der Waals surface area (Å²) >= 11 is 0. The van der Waals surface area contributed by atoms with Crippen LogP contribution in [0.3, 0.4) is 0 Å². The zero-order valence-electron chi connectivity index (χ0n) is 27.2. The van der Waals surface area contributed by atoms with E-state index in [0.717, 1.165) is 29.5 Å². The summed E-state index contributed by atoms with van der Waals surface area (Å²) in [5, 5.41) is 21.3. The van der Waals surface area contributed by atoms with Crippen LogP contribution in [0.4, 0.5) is 0 Å². The average molecular weight is 656 g/mol. The van der Waals surface area contributed by atoms with Crippen molar-refractivity contribution in [3.05, 3.63) is 107 Å². The molecular formula is C37H45N5O6. The van der Waals surface area contributed by atoms with E-state index in [-0.39, 0.29) is 37.8 Å². The second-order valence-electron chi connectivity index (χ2n) is 12.3. The van der Waals surface area contributed by atoms with Crippen molar-refractivity contribution in [3.63, 3.8) is 0 Å². The van der Waals surface area contributed by atoms with Crippen LogP contribution in [0.1, 0.15) is 54.9 Å². The molecule has 4 rings (SSSR count). The first kappa shape index (κ1) is 36.0. The Morgan fingerprint density at radius 3 is 1.96 bits per heavy atom. The SMILES string of the molecule is C[C@@H](O)[C@H](NC(=O)C(CCc1ccccc1)NC(=O)CCc1ccccc1)C(=O)NC(Cc1cccc(CN)c1)C(=O)C(=O)NC1CC1. The van der Waals surface area contributed by atoms with Gasteiger partial charge in [0.25, 0.3) is 5.91 Å². The number of ketones is 1. The van der Waals surface area contributed by atoms with Crippen molar-refractivity contribution in [1.82, 2.24) is 21.3 Å². The fourth-order valence-electron chi connectivity index (χ4n) is 5.29. The first-order chi connectivity index (χ1) is 23.1. The third-order valence-electron chi connectivity index (χ3n) is 8.20. The van der Waals surface area contributed by atoms with Gasteiger partial charge in [-0.1, -0.05) is 84.9 Å². The minimum atomic E-state index is -1.48. The van der Waals surface area contributed by atoms with E-state index in [1.54, 1.807) is 18.2 Å². The van der Waals surface area contributed by atoms with Gasteiger partial charge in [-0.25, -0.2) is 0 Å². The van der Waals surface area contributed by atoms with Crippen LogP contribution in [0.5, 0.6) is 0 Å². The number of benzene rings is 3. The lowest BCUT2D eigenvalue weighted by Crippen LogP contribution is -2.60. The topological polar surface area (TPSA) is 180 Å². The van der Waals surface area contributed by atoms with Crippen LogP contribution in [0.2, 0.25) is 0 Å². The molecule has 1 fully saturated rings. The molecule has 11 heteroatoms. The molecule has 3 aromatic carbocycles. The summed E-state index contributed by atoms with van der Waals surface area (Å²) in [6.07, 6.45) is 1.52. The maximum Gasteiger partial charge on any atom is 0.289 e. The van der Waals surface area contributed by atoms with E-state index >= 15 is 0 Å². The average Bonchev–Trinajstić information content (AvgIpc) is 3.92. The minimum absolute atomic E-state index is 0.00581. The van der Waals surface area contributed by atoms with Crippen LogP contribution in [0.15, 0.2) is 84.9 Å². The predicted octanol–water partition coefficient (Wildman–Crippen LogP) is 1.64. The molecule has 11 nitrogen and oxygen atoms in total. The van der Waals surface area contributed by atoms with Crippen LogP contribution >= 0.6 is 0 Å². The smallest absolute Gasteiger partial charge is 0.289 e. The lowest BCUT2D eigenvalue weighted by molar-refractivity contribution is -0.141. The fourth-order valence-corrected chi connectivity index (χ4v) is 5.29. The molecule has 7 N–H and O–H groups in total. The highest BCUT2D eigenvalue weighted by Crippen LogP contribution is 2.19. The second kappa shape index (κ2) is 17.9. The number of nitrogens with two attached hydrogens (primary N) is 1. The molecule has 0 radical (unpaired) electrons. The lowest BCUT2D eigenvalue weighted by Gasteiger charge is -2.27. The predicted molar refractivity (Wildman–Crippen MR) is 181 cm³/mol. The number of rotatable bonds is 18. The third kappa shape index (κ3) is 11.4. The van der Waals surface area contributed by atoms with Gasteiger partial charge in [-0.3, -0.25) is 24.0 Å². The molecule has 0 aromatic heterocycles. The lowest BCUT2D eigenvalue weighted by atomic mass is 9.99. The molecule has 48 heavy (non-hydrogen) atoms. The van der Waals surface area contributed by atoms with Gasteiger partial charge in [0.05, 0.1) is 6.10 Å². The largest absolute Gasteiger partial charge is 0.391 e. The Kier molecular flexibility index (Phi) is 13.4. The quantitative estimate of drug-likeness (QED) is 0.113. The molecular weight excluding hydrogens is 610 g/mol. The molecule has 1 aliphatic carbocycles. The number of nitrogens with one attached hydrogen (secondary N) is 4. The number of hydrogen-bond donors (Lipinski definition) is 6. The summed E-state index contributed by atoms with van der Waals surface area (Å²) in [5.74, 6) is -3.49. The van der Waals surface area contributed by atoms with Crippen LogP contribution in [-0.2, 0) is 49.8 Å². The Morgan fingerprint density at radius 2 is 1.35 bits per heavy atom. The Bertz CT molecular complexity index is 1540. The first-order valence-electron chi connectivity index (χ1n) is 16.4. The molecule has 2 unspecified atom stereocenters. The summed E-state index contributed by atoms with van der Waals surface area (Å²) in [6.45, 7) is 1.61. The Balaban J connectivity index is 1.47. The zero-order valence-corrected chi connectivity index (χ0v) is 27.2. The van der Waals surface area contributed by atoms with Gasteiger partial charge in [-0.05, 0) is 61.3 Å². The molecule has 1 aliphatic rings. The van der Waals surface area contributed by atoms with Gasteiger partial charge in [0.2, 0.25) is 23.5 Å². The molecule has 3 aromatic rings. The normalized spacial score (nSPS) is 14.9. The molecule has 0 spiro atoms. The number of aliphatic hydroxyl groups excluding tert-OH is 1. The standard InChI is InChI=1S/C37H45N5O6/c1-24(43)33(36(47)41-31(34(45)37(48)39-29-17-18-29)22-27-13-8-14-28(21-27)23-38)42-35(46)30(19-15-25-9-4-2-5-10-25)40-32(44)20-16-26-11-6-3-7-12-26/h2-14,21,24,29-31,33,43H,15-20,22-23,38H2,1H3,(H,39,48)(H,40,44)(H,41,47)(H,42,46)/t24-,30?,31?,33+/m1/s1. The van der Waals surface area contributed by atoms with Gasteiger partial charge in [-0.15, -0.1) is 0 Å². The van der Waals surface area contributed by atoms with Crippen molar-refractivity contribution in [3.8, 4) is 0 Å². The summed E-state index contributed by atoms with van der Waals surface area (Å²) in [5.41, 5.74) is 9.21. The maximum absolute atomic E-state index is 13.7. The number of amides is 4.